The molecule has 1 aliphatic heterocycles. The predicted molar refractivity (Wildman–Crippen MR) is 125 cm³/mol. The van der Waals surface area contributed by atoms with Crippen molar-refractivity contribution in [3.05, 3.63) is 0 Å². The minimum atomic E-state index is -3.20. The number of piperazine rings is 1. The standard InChI is InChI=1S/C25H40N2O5S/c1-16-15-26(24(29)18-2-3-18)23-14-20(8-11-22(23)27(16)25(30)19-4-5-19)17-6-9-21(10-7-17)33(31,32)13-12-28/h16-23,28H,2-15H2,1H3/t16-,17?,20?,21?,22?,23?/m0/s1. The number of aliphatic hydroxyl groups excluding tert-OH is 1. The predicted octanol–water partition coefficient (Wildman–Crippen LogP) is 2.37. The van der Waals surface area contributed by atoms with E-state index in [2.05, 4.69) is 16.7 Å². The molecular formula is C25H40N2O5S. The largest absolute Gasteiger partial charge is 0.395 e. The molecule has 5 rings (SSSR count). The van der Waals surface area contributed by atoms with Crippen molar-refractivity contribution >= 4 is 21.7 Å². The highest BCUT2D eigenvalue weighted by atomic mass is 32.2. The Labute approximate surface area is 198 Å². The fraction of sp³-hybridized carbons (Fsp3) is 0.920. The van der Waals surface area contributed by atoms with Gasteiger partial charge in [0.2, 0.25) is 11.8 Å². The van der Waals surface area contributed by atoms with Crippen molar-refractivity contribution in [1.29, 1.82) is 0 Å². The number of amides is 2. The van der Waals surface area contributed by atoms with E-state index in [0.29, 0.717) is 43.0 Å². The molecule has 1 N–H and O–H groups in total. The molecule has 33 heavy (non-hydrogen) atoms. The number of rotatable bonds is 6. The van der Waals surface area contributed by atoms with Crippen LogP contribution in [-0.2, 0) is 19.4 Å². The monoisotopic (exact) mass is 480 g/mol. The molecule has 2 amide bonds. The topological polar surface area (TPSA) is 95.0 Å². The van der Waals surface area contributed by atoms with Crippen LogP contribution in [0.25, 0.3) is 0 Å². The maximum Gasteiger partial charge on any atom is 0.226 e. The van der Waals surface area contributed by atoms with E-state index >= 15 is 0 Å². The van der Waals surface area contributed by atoms with Gasteiger partial charge in [0, 0.05) is 24.4 Å². The van der Waals surface area contributed by atoms with Gasteiger partial charge in [-0.2, -0.15) is 0 Å². The van der Waals surface area contributed by atoms with Crippen LogP contribution in [0.2, 0.25) is 0 Å². The third kappa shape index (κ3) is 4.71. The van der Waals surface area contributed by atoms with Crippen LogP contribution in [0.5, 0.6) is 0 Å². The Bertz CT molecular complexity index is 860. The Kier molecular flexibility index (Phi) is 6.53. The van der Waals surface area contributed by atoms with Crippen LogP contribution in [0.3, 0.4) is 0 Å². The fourth-order valence-electron chi connectivity index (χ4n) is 7.04. The van der Waals surface area contributed by atoms with E-state index in [4.69, 9.17) is 5.11 Å². The summed E-state index contributed by atoms with van der Waals surface area (Å²) in [7, 11) is -3.20. The normalized spacial score (nSPS) is 37.5. The maximum absolute atomic E-state index is 13.2. The zero-order chi connectivity index (χ0) is 23.3. The van der Waals surface area contributed by atoms with Crippen molar-refractivity contribution in [2.24, 2.45) is 23.7 Å². The average molecular weight is 481 g/mol. The third-order valence-electron chi connectivity index (χ3n) is 9.17. The number of hydrogen-bond donors (Lipinski definition) is 1. The second kappa shape index (κ2) is 9.14. The van der Waals surface area contributed by atoms with E-state index in [9.17, 15) is 18.0 Å². The Morgan fingerprint density at radius 3 is 2.03 bits per heavy atom. The molecule has 1 heterocycles. The molecule has 3 unspecified atom stereocenters. The Morgan fingerprint density at radius 2 is 1.42 bits per heavy atom. The summed E-state index contributed by atoms with van der Waals surface area (Å²) in [5.74, 6) is 1.86. The number of hydrogen-bond acceptors (Lipinski definition) is 5. The maximum atomic E-state index is 13.2. The highest BCUT2D eigenvalue weighted by molar-refractivity contribution is 7.92. The Morgan fingerprint density at radius 1 is 0.818 bits per heavy atom. The van der Waals surface area contributed by atoms with Gasteiger partial charge in [-0.15, -0.1) is 0 Å². The number of carbonyl (C=O) groups excluding carboxylic acids is 2. The van der Waals surface area contributed by atoms with Crippen LogP contribution < -0.4 is 0 Å². The summed E-state index contributed by atoms with van der Waals surface area (Å²) < 4.78 is 24.8. The van der Waals surface area contributed by atoms with Gasteiger partial charge in [0.25, 0.3) is 0 Å². The van der Waals surface area contributed by atoms with Crippen molar-refractivity contribution in [2.45, 2.75) is 101 Å². The summed E-state index contributed by atoms with van der Waals surface area (Å²) in [6, 6.07) is 0.347. The molecule has 0 aromatic heterocycles. The summed E-state index contributed by atoms with van der Waals surface area (Å²) in [6.07, 6.45) is 10.2. The molecule has 7 nitrogen and oxygen atoms in total. The minimum absolute atomic E-state index is 0.0887. The molecule has 0 bridgehead atoms. The highest BCUT2D eigenvalue weighted by Crippen LogP contribution is 2.46. The molecule has 4 saturated carbocycles. The molecule has 0 radical (unpaired) electrons. The minimum Gasteiger partial charge on any atom is -0.395 e. The second-order valence-electron chi connectivity index (χ2n) is 11.5. The lowest BCUT2D eigenvalue weighted by atomic mass is 9.69. The van der Waals surface area contributed by atoms with Crippen LogP contribution in [0.4, 0.5) is 0 Å². The molecule has 0 aromatic rings. The number of aliphatic hydroxyl groups is 1. The van der Waals surface area contributed by atoms with E-state index in [1.807, 2.05) is 0 Å². The molecule has 5 aliphatic rings. The first kappa shape index (κ1) is 23.6. The molecule has 0 aromatic carbocycles. The first-order valence-electron chi connectivity index (χ1n) is 13.2. The number of carbonyl (C=O) groups is 2. The molecule has 5 fully saturated rings. The molecular weight excluding hydrogens is 440 g/mol. The van der Waals surface area contributed by atoms with Gasteiger partial charge in [0.05, 0.1) is 29.7 Å². The Balaban J connectivity index is 1.29. The van der Waals surface area contributed by atoms with Crippen molar-refractivity contribution in [3.63, 3.8) is 0 Å². The van der Waals surface area contributed by atoms with Gasteiger partial charge >= 0.3 is 0 Å². The zero-order valence-electron chi connectivity index (χ0n) is 19.9. The molecule has 4 atom stereocenters. The van der Waals surface area contributed by atoms with Gasteiger partial charge < -0.3 is 14.9 Å². The number of nitrogens with zero attached hydrogens (tertiary/aromatic N) is 2. The quantitative estimate of drug-likeness (QED) is 0.630. The SMILES string of the molecule is C[C@H]1CN(C(=O)C2CC2)C2CC(C3CCC(S(=O)(=O)CCO)CC3)CCC2N1C(=O)C1CC1. The number of fused-ring (bicyclic) bond motifs is 1. The van der Waals surface area contributed by atoms with Gasteiger partial charge in [-0.25, -0.2) is 8.42 Å². The van der Waals surface area contributed by atoms with E-state index in [1.54, 1.807) is 0 Å². The molecule has 186 valence electrons. The van der Waals surface area contributed by atoms with E-state index in [1.165, 1.54) is 0 Å². The van der Waals surface area contributed by atoms with Crippen molar-refractivity contribution in [1.82, 2.24) is 9.80 Å². The van der Waals surface area contributed by atoms with E-state index < -0.39 is 9.84 Å². The summed E-state index contributed by atoms with van der Waals surface area (Å²) in [6.45, 7) is 2.48. The Hall–Kier alpha value is -1.15. The second-order valence-corrected chi connectivity index (χ2v) is 13.9. The first-order chi connectivity index (χ1) is 15.8. The number of sulfone groups is 1. The van der Waals surface area contributed by atoms with Gasteiger partial charge in [0.15, 0.2) is 9.84 Å². The van der Waals surface area contributed by atoms with Crippen molar-refractivity contribution in [2.75, 3.05) is 18.9 Å². The summed E-state index contributed by atoms with van der Waals surface area (Å²) >= 11 is 0. The van der Waals surface area contributed by atoms with Crippen LogP contribution in [0, 0.1) is 23.7 Å². The van der Waals surface area contributed by atoms with Gasteiger partial charge in [0.1, 0.15) is 0 Å². The van der Waals surface area contributed by atoms with Gasteiger partial charge in [-0.05, 0) is 89.4 Å². The van der Waals surface area contributed by atoms with Crippen molar-refractivity contribution < 1.29 is 23.1 Å². The lowest BCUT2D eigenvalue weighted by Crippen LogP contribution is -2.67. The van der Waals surface area contributed by atoms with E-state index in [0.717, 1.165) is 57.8 Å². The molecule has 0 spiro atoms. The third-order valence-corrected chi connectivity index (χ3v) is 11.4. The fourth-order valence-corrected chi connectivity index (χ4v) is 8.62. The van der Waals surface area contributed by atoms with Gasteiger partial charge in [-0.1, -0.05) is 0 Å². The first-order valence-corrected chi connectivity index (χ1v) is 15.0. The summed E-state index contributed by atoms with van der Waals surface area (Å²) in [5, 5.41) is 8.78. The highest BCUT2D eigenvalue weighted by Gasteiger charge is 2.51. The van der Waals surface area contributed by atoms with Gasteiger partial charge in [-0.3, -0.25) is 9.59 Å². The van der Waals surface area contributed by atoms with Crippen molar-refractivity contribution in [3.8, 4) is 0 Å². The van der Waals surface area contributed by atoms with Crippen LogP contribution in [-0.4, -0.2) is 77.4 Å². The molecule has 8 heteroatoms. The van der Waals surface area contributed by atoms with E-state index in [-0.39, 0.29) is 47.6 Å². The van der Waals surface area contributed by atoms with Crippen LogP contribution >= 0.6 is 0 Å². The summed E-state index contributed by atoms with van der Waals surface area (Å²) in [4.78, 5) is 30.7. The lowest BCUT2D eigenvalue weighted by Gasteiger charge is -2.55. The molecule has 1 saturated heterocycles. The molecule has 4 aliphatic carbocycles. The van der Waals surface area contributed by atoms with Crippen LogP contribution in [0.1, 0.15) is 77.6 Å². The lowest BCUT2D eigenvalue weighted by molar-refractivity contribution is -0.157. The van der Waals surface area contributed by atoms with Crippen LogP contribution in [0.15, 0.2) is 0 Å². The zero-order valence-corrected chi connectivity index (χ0v) is 20.7. The average Bonchev–Trinajstić information content (AvgIpc) is 3.70. The smallest absolute Gasteiger partial charge is 0.226 e. The summed E-state index contributed by atoms with van der Waals surface area (Å²) in [5.41, 5.74) is 0.